The number of hydrogen-bond acceptors (Lipinski definition) is 2. The highest BCUT2D eigenvalue weighted by atomic mass is 16.5. The lowest BCUT2D eigenvalue weighted by molar-refractivity contribution is -0.114. The lowest BCUT2D eigenvalue weighted by Crippen LogP contribution is -2.18. The quantitative estimate of drug-likeness (QED) is 0.822. The van der Waals surface area contributed by atoms with Crippen LogP contribution in [0.5, 0.6) is 0 Å². The highest BCUT2D eigenvalue weighted by molar-refractivity contribution is 5.98. The van der Waals surface area contributed by atoms with E-state index in [1.54, 1.807) is 0 Å². The van der Waals surface area contributed by atoms with Gasteiger partial charge in [-0.05, 0) is 63.2 Å². The van der Waals surface area contributed by atoms with Gasteiger partial charge >= 0.3 is 0 Å². The van der Waals surface area contributed by atoms with Crippen LogP contribution in [0, 0.1) is 0 Å². The second-order valence-corrected chi connectivity index (χ2v) is 6.96. The molecule has 3 heteroatoms. The summed E-state index contributed by atoms with van der Waals surface area (Å²) in [4.78, 5) is 11.8. The summed E-state index contributed by atoms with van der Waals surface area (Å²) in [5.41, 5.74) is 9.61. The first-order chi connectivity index (χ1) is 11.6. The number of allylic oxidation sites excluding steroid dienone is 8. The van der Waals surface area contributed by atoms with E-state index in [0.717, 1.165) is 36.2 Å². The zero-order chi connectivity index (χ0) is 16.9. The van der Waals surface area contributed by atoms with Gasteiger partial charge in [0.15, 0.2) is 0 Å². The molecule has 3 aliphatic rings. The molecule has 0 heterocycles. The number of primary amides is 1. The van der Waals surface area contributed by atoms with Gasteiger partial charge in [-0.2, -0.15) is 0 Å². The molecule has 0 spiro atoms. The molecular formula is C21H27NO2. The smallest absolute Gasteiger partial charge is 0.249 e. The Balaban J connectivity index is 1.76. The van der Waals surface area contributed by atoms with Crippen LogP contribution in [-0.2, 0) is 9.53 Å². The van der Waals surface area contributed by atoms with Crippen molar-refractivity contribution in [1.82, 2.24) is 0 Å². The van der Waals surface area contributed by atoms with Gasteiger partial charge in [-0.25, -0.2) is 0 Å². The number of rotatable bonds is 3. The van der Waals surface area contributed by atoms with E-state index in [-0.39, 0.29) is 5.91 Å². The highest BCUT2D eigenvalue weighted by Crippen LogP contribution is 2.33. The third-order valence-electron chi connectivity index (χ3n) is 5.05. The molecule has 1 fully saturated rings. The van der Waals surface area contributed by atoms with Gasteiger partial charge in [0.05, 0.1) is 11.9 Å². The molecule has 0 aliphatic heterocycles. The minimum atomic E-state index is -0.360. The van der Waals surface area contributed by atoms with Crippen LogP contribution in [0.25, 0.3) is 0 Å². The van der Waals surface area contributed by atoms with Gasteiger partial charge in [0.25, 0.3) is 0 Å². The minimum Gasteiger partial charge on any atom is -0.495 e. The SMILES string of the molecule is CC1=C/C(=C2\CC=C(OC3CCCCC3)CC2)C(C(N)=O)=CC=C1. The molecule has 0 saturated heterocycles. The van der Waals surface area contributed by atoms with E-state index in [1.807, 2.05) is 25.2 Å². The Hall–Kier alpha value is -2.03. The molecule has 0 aromatic heterocycles. The lowest BCUT2D eigenvalue weighted by Gasteiger charge is -2.27. The van der Waals surface area contributed by atoms with Crippen molar-refractivity contribution in [3.63, 3.8) is 0 Å². The topological polar surface area (TPSA) is 52.3 Å². The van der Waals surface area contributed by atoms with E-state index in [4.69, 9.17) is 10.5 Å². The predicted molar refractivity (Wildman–Crippen MR) is 97.1 cm³/mol. The summed E-state index contributed by atoms with van der Waals surface area (Å²) in [6, 6.07) is 0. The normalized spacial score (nSPS) is 25.5. The fourth-order valence-corrected chi connectivity index (χ4v) is 3.71. The Morgan fingerprint density at radius 2 is 2.00 bits per heavy atom. The first kappa shape index (κ1) is 16.8. The molecule has 3 aliphatic carbocycles. The molecule has 0 aromatic carbocycles. The summed E-state index contributed by atoms with van der Waals surface area (Å²) < 4.78 is 6.19. The summed E-state index contributed by atoms with van der Waals surface area (Å²) in [5.74, 6) is 0.768. The van der Waals surface area contributed by atoms with E-state index in [2.05, 4.69) is 12.2 Å². The first-order valence-electron chi connectivity index (χ1n) is 9.08. The molecule has 3 nitrogen and oxygen atoms in total. The monoisotopic (exact) mass is 325 g/mol. The summed E-state index contributed by atoms with van der Waals surface area (Å²) in [7, 11) is 0. The van der Waals surface area contributed by atoms with Crippen LogP contribution in [0.2, 0.25) is 0 Å². The average Bonchev–Trinajstić information content (AvgIpc) is 2.78. The van der Waals surface area contributed by atoms with Gasteiger partial charge in [0.1, 0.15) is 0 Å². The van der Waals surface area contributed by atoms with Crippen LogP contribution in [0.15, 0.2) is 58.4 Å². The fourth-order valence-electron chi connectivity index (χ4n) is 3.71. The second kappa shape index (κ2) is 7.69. The largest absolute Gasteiger partial charge is 0.495 e. The maximum atomic E-state index is 11.8. The lowest BCUT2D eigenvalue weighted by atomic mass is 9.89. The van der Waals surface area contributed by atoms with E-state index in [0.29, 0.717) is 11.7 Å². The molecule has 128 valence electrons. The van der Waals surface area contributed by atoms with E-state index >= 15 is 0 Å². The number of hydrogen-bond donors (Lipinski definition) is 1. The minimum absolute atomic E-state index is 0.360. The molecule has 0 atom stereocenters. The van der Waals surface area contributed by atoms with Gasteiger partial charge in [0.2, 0.25) is 5.91 Å². The van der Waals surface area contributed by atoms with Crippen LogP contribution >= 0.6 is 0 Å². The third-order valence-corrected chi connectivity index (χ3v) is 5.05. The van der Waals surface area contributed by atoms with Crippen LogP contribution < -0.4 is 5.73 Å². The Kier molecular flexibility index (Phi) is 5.39. The van der Waals surface area contributed by atoms with Crippen molar-refractivity contribution in [3.05, 3.63) is 58.4 Å². The van der Waals surface area contributed by atoms with Crippen molar-refractivity contribution < 1.29 is 9.53 Å². The van der Waals surface area contributed by atoms with Crippen molar-refractivity contribution in [2.45, 2.75) is 64.4 Å². The first-order valence-corrected chi connectivity index (χ1v) is 9.08. The Morgan fingerprint density at radius 1 is 1.21 bits per heavy atom. The number of ether oxygens (including phenoxy) is 1. The third kappa shape index (κ3) is 4.08. The van der Waals surface area contributed by atoms with Crippen molar-refractivity contribution >= 4 is 5.91 Å². The van der Waals surface area contributed by atoms with Crippen LogP contribution in [-0.4, -0.2) is 12.0 Å². The van der Waals surface area contributed by atoms with Crippen molar-refractivity contribution in [3.8, 4) is 0 Å². The van der Waals surface area contributed by atoms with Gasteiger partial charge in [-0.3, -0.25) is 4.79 Å². The van der Waals surface area contributed by atoms with Gasteiger partial charge < -0.3 is 10.5 Å². The summed E-state index contributed by atoms with van der Waals surface area (Å²) >= 11 is 0. The summed E-state index contributed by atoms with van der Waals surface area (Å²) in [6.45, 7) is 2.05. The summed E-state index contributed by atoms with van der Waals surface area (Å²) in [5, 5.41) is 0. The molecule has 0 aromatic rings. The zero-order valence-corrected chi connectivity index (χ0v) is 14.5. The van der Waals surface area contributed by atoms with Crippen molar-refractivity contribution in [2.75, 3.05) is 0 Å². The van der Waals surface area contributed by atoms with Crippen molar-refractivity contribution in [2.24, 2.45) is 5.73 Å². The predicted octanol–water partition coefficient (Wildman–Crippen LogP) is 4.63. The molecule has 1 amide bonds. The van der Waals surface area contributed by atoms with Crippen LogP contribution in [0.1, 0.15) is 58.3 Å². The average molecular weight is 325 g/mol. The maximum absolute atomic E-state index is 11.8. The van der Waals surface area contributed by atoms with Gasteiger partial charge in [-0.1, -0.05) is 35.8 Å². The zero-order valence-electron chi connectivity index (χ0n) is 14.5. The molecular weight excluding hydrogens is 298 g/mol. The van der Waals surface area contributed by atoms with Crippen molar-refractivity contribution in [1.29, 1.82) is 0 Å². The standard InChI is InChI=1S/C21H27NO2/c1-15-6-5-9-19(21(22)23)20(14-15)16-10-12-18(13-11-16)24-17-7-3-2-4-8-17/h5-6,9,12,14,17H,2-4,7-8,10-11,13H2,1H3,(H2,22,23)/b20-16-. The molecule has 0 bridgehead atoms. The molecule has 0 radical (unpaired) electrons. The number of nitrogens with two attached hydrogens (primary N) is 1. The van der Waals surface area contributed by atoms with Crippen LogP contribution in [0.3, 0.4) is 0 Å². The van der Waals surface area contributed by atoms with E-state index in [1.165, 1.54) is 37.7 Å². The molecule has 24 heavy (non-hydrogen) atoms. The Labute approximate surface area is 144 Å². The fraction of sp³-hybridized carbons (Fsp3) is 0.476. The molecule has 2 N–H and O–H groups in total. The summed E-state index contributed by atoms with van der Waals surface area (Å²) in [6.07, 6.45) is 19.4. The van der Waals surface area contributed by atoms with E-state index in [9.17, 15) is 4.79 Å². The number of carbonyl (C=O) groups excluding carboxylic acids is 1. The second-order valence-electron chi connectivity index (χ2n) is 6.96. The van der Waals surface area contributed by atoms with Gasteiger partial charge in [0, 0.05) is 12.0 Å². The van der Waals surface area contributed by atoms with Crippen LogP contribution in [0.4, 0.5) is 0 Å². The van der Waals surface area contributed by atoms with E-state index < -0.39 is 0 Å². The number of amides is 1. The molecule has 1 saturated carbocycles. The molecule has 0 unspecified atom stereocenters. The van der Waals surface area contributed by atoms with Gasteiger partial charge in [-0.15, -0.1) is 0 Å². The Morgan fingerprint density at radius 3 is 2.67 bits per heavy atom. The number of carbonyl (C=O) groups is 1. The maximum Gasteiger partial charge on any atom is 0.249 e. The molecule has 3 rings (SSSR count). The Bertz CT molecular complexity index is 655. The highest BCUT2D eigenvalue weighted by Gasteiger charge is 2.21.